The molecule has 1 aliphatic heterocycles. The van der Waals surface area contributed by atoms with Gasteiger partial charge in [-0.2, -0.15) is 0 Å². The van der Waals surface area contributed by atoms with Crippen LogP contribution in [-0.2, 0) is 16.1 Å². The van der Waals surface area contributed by atoms with Gasteiger partial charge in [-0.05, 0) is 29.2 Å². The third kappa shape index (κ3) is 3.06. The van der Waals surface area contributed by atoms with Crippen LogP contribution in [0.2, 0.25) is 0 Å². The molecule has 1 saturated heterocycles. The maximum Gasteiger partial charge on any atom is 0.249 e. The van der Waals surface area contributed by atoms with Gasteiger partial charge >= 0.3 is 0 Å². The van der Waals surface area contributed by atoms with E-state index in [4.69, 9.17) is 10.5 Å². The van der Waals surface area contributed by atoms with Crippen molar-refractivity contribution in [1.29, 1.82) is 0 Å². The number of ether oxygens (including phenoxy) is 1. The van der Waals surface area contributed by atoms with Crippen LogP contribution in [-0.4, -0.2) is 24.7 Å². The molecule has 21 heavy (non-hydrogen) atoms. The maximum atomic E-state index is 12.1. The first-order valence-electron chi connectivity index (χ1n) is 7.38. The van der Waals surface area contributed by atoms with Gasteiger partial charge in [-0.3, -0.25) is 4.79 Å². The normalized spacial score (nSPS) is 21.6. The van der Waals surface area contributed by atoms with E-state index in [-0.39, 0.29) is 18.1 Å². The summed E-state index contributed by atoms with van der Waals surface area (Å²) in [5.74, 6) is -0.0427. The topological polar surface area (TPSA) is 64.4 Å². The van der Waals surface area contributed by atoms with Gasteiger partial charge < -0.3 is 15.8 Å². The Hall–Kier alpha value is -1.91. The van der Waals surface area contributed by atoms with E-state index >= 15 is 0 Å². The Bertz CT molecular complexity index is 636. The quantitative estimate of drug-likeness (QED) is 0.902. The van der Waals surface area contributed by atoms with Gasteiger partial charge in [0.15, 0.2) is 0 Å². The van der Waals surface area contributed by atoms with E-state index < -0.39 is 0 Å². The van der Waals surface area contributed by atoms with Crippen LogP contribution < -0.4 is 11.1 Å². The molecule has 0 spiro atoms. The predicted molar refractivity (Wildman–Crippen MR) is 82.7 cm³/mol. The van der Waals surface area contributed by atoms with Crippen LogP contribution in [0.1, 0.15) is 18.4 Å². The Kier molecular flexibility index (Phi) is 4.18. The number of nitrogens with one attached hydrogen (secondary N) is 1. The van der Waals surface area contributed by atoms with Crippen molar-refractivity contribution in [3.8, 4) is 0 Å². The van der Waals surface area contributed by atoms with Crippen molar-refractivity contribution in [3.63, 3.8) is 0 Å². The van der Waals surface area contributed by atoms with Crippen molar-refractivity contribution in [3.05, 3.63) is 48.0 Å². The number of amides is 1. The number of hydrogen-bond acceptors (Lipinski definition) is 3. The highest BCUT2D eigenvalue weighted by Crippen LogP contribution is 2.20. The molecule has 0 aromatic heterocycles. The van der Waals surface area contributed by atoms with Gasteiger partial charge in [0.2, 0.25) is 5.91 Å². The lowest BCUT2D eigenvalue weighted by atomic mass is 10.0. The second kappa shape index (κ2) is 6.24. The first-order valence-corrected chi connectivity index (χ1v) is 7.38. The molecule has 4 nitrogen and oxygen atoms in total. The molecule has 2 aromatic carbocycles. The van der Waals surface area contributed by atoms with Crippen LogP contribution in [0.15, 0.2) is 42.5 Å². The average molecular weight is 284 g/mol. The minimum absolute atomic E-state index is 0.0262. The second-order valence-corrected chi connectivity index (χ2v) is 5.42. The Morgan fingerprint density at radius 1 is 1.19 bits per heavy atom. The van der Waals surface area contributed by atoms with E-state index in [2.05, 4.69) is 23.5 Å². The zero-order valence-corrected chi connectivity index (χ0v) is 11.9. The Balaban J connectivity index is 1.65. The molecule has 0 unspecified atom stereocenters. The van der Waals surface area contributed by atoms with Crippen molar-refractivity contribution < 1.29 is 9.53 Å². The summed E-state index contributed by atoms with van der Waals surface area (Å²) in [7, 11) is 0. The van der Waals surface area contributed by atoms with Gasteiger partial charge in [0.05, 0.1) is 6.10 Å². The summed E-state index contributed by atoms with van der Waals surface area (Å²) in [5.41, 5.74) is 6.69. The fourth-order valence-electron chi connectivity index (χ4n) is 2.81. The first kappa shape index (κ1) is 14.0. The van der Waals surface area contributed by atoms with Gasteiger partial charge in [-0.25, -0.2) is 0 Å². The van der Waals surface area contributed by atoms with E-state index in [0.717, 1.165) is 18.4 Å². The monoisotopic (exact) mass is 284 g/mol. The number of fused-ring (bicyclic) bond motifs is 1. The number of rotatable bonds is 4. The van der Waals surface area contributed by atoms with E-state index in [9.17, 15) is 4.79 Å². The van der Waals surface area contributed by atoms with Crippen molar-refractivity contribution in [1.82, 2.24) is 5.32 Å². The molecular weight excluding hydrogens is 264 g/mol. The van der Waals surface area contributed by atoms with Gasteiger partial charge in [-0.1, -0.05) is 42.5 Å². The van der Waals surface area contributed by atoms with Gasteiger partial charge in [0.25, 0.3) is 0 Å². The van der Waals surface area contributed by atoms with E-state index in [1.807, 2.05) is 24.3 Å². The highest BCUT2D eigenvalue weighted by molar-refractivity contribution is 5.86. The first-order chi connectivity index (χ1) is 10.3. The van der Waals surface area contributed by atoms with Crippen molar-refractivity contribution in [2.24, 2.45) is 5.73 Å². The molecule has 1 fully saturated rings. The standard InChI is InChI=1S/C17H20N2O2/c18-10-14-8-9-16(21-14)17(20)19-11-13-6-3-5-12-4-1-2-7-15(12)13/h1-7,14,16H,8-11,18H2,(H,19,20)/t14-,16+/m1/s1. The Labute approximate surface area is 124 Å². The van der Waals surface area contributed by atoms with Crippen LogP contribution in [0.5, 0.6) is 0 Å². The molecule has 1 heterocycles. The molecule has 1 amide bonds. The van der Waals surface area contributed by atoms with Gasteiger partial charge in [-0.15, -0.1) is 0 Å². The lowest BCUT2D eigenvalue weighted by Gasteiger charge is -2.13. The van der Waals surface area contributed by atoms with Crippen molar-refractivity contribution in [2.75, 3.05) is 6.54 Å². The minimum Gasteiger partial charge on any atom is -0.364 e. The molecular formula is C17H20N2O2. The van der Waals surface area contributed by atoms with Crippen LogP contribution in [0, 0.1) is 0 Å². The number of carbonyl (C=O) groups is 1. The molecule has 0 saturated carbocycles. The highest BCUT2D eigenvalue weighted by atomic mass is 16.5. The highest BCUT2D eigenvalue weighted by Gasteiger charge is 2.29. The number of benzene rings is 2. The molecule has 4 heteroatoms. The molecule has 3 N–H and O–H groups in total. The van der Waals surface area contributed by atoms with Gasteiger partial charge in [0.1, 0.15) is 6.10 Å². The lowest BCUT2D eigenvalue weighted by molar-refractivity contribution is -0.132. The molecule has 3 rings (SSSR count). The summed E-state index contributed by atoms with van der Waals surface area (Å²) in [5, 5.41) is 5.33. The second-order valence-electron chi connectivity index (χ2n) is 5.42. The zero-order valence-electron chi connectivity index (χ0n) is 11.9. The molecule has 0 radical (unpaired) electrons. The van der Waals surface area contributed by atoms with Crippen molar-refractivity contribution in [2.45, 2.75) is 31.6 Å². The summed E-state index contributed by atoms with van der Waals surface area (Å²) in [6.45, 7) is 1.00. The molecule has 2 atom stereocenters. The smallest absolute Gasteiger partial charge is 0.249 e. The summed E-state index contributed by atoms with van der Waals surface area (Å²) < 4.78 is 5.61. The van der Waals surface area contributed by atoms with E-state index in [1.54, 1.807) is 0 Å². The van der Waals surface area contributed by atoms with Crippen LogP contribution in [0.3, 0.4) is 0 Å². The molecule has 0 aliphatic carbocycles. The summed E-state index contributed by atoms with van der Waals surface area (Å²) in [6.07, 6.45) is 1.29. The summed E-state index contributed by atoms with van der Waals surface area (Å²) in [4.78, 5) is 12.1. The predicted octanol–water partition coefficient (Wildman–Crippen LogP) is 1.96. The molecule has 1 aliphatic rings. The fraction of sp³-hybridized carbons (Fsp3) is 0.353. The average Bonchev–Trinajstić information content (AvgIpc) is 3.01. The van der Waals surface area contributed by atoms with Crippen LogP contribution in [0.25, 0.3) is 10.8 Å². The van der Waals surface area contributed by atoms with Crippen molar-refractivity contribution >= 4 is 16.7 Å². The molecule has 2 aromatic rings. The third-order valence-electron chi connectivity index (χ3n) is 4.00. The van der Waals surface area contributed by atoms with Crippen LogP contribution >= 0.6 is 0 Å². The lowest BCUT2D eigenvalue weighted by Crippen LogP contribution is -2.35. The Morgan fingerprint density at radius 3 is 2.81 bits per heavy atom. The minimum atomic E-state index is -0.353. The number of carbonyl (C=O) groups excluding carboxylic acids is 1. The largest absolute Gasteiger partial charge is 0.364 e. The zero-order chi connectivity index (χ0) is 14.7. The fourth-order valence-corrected chi connectivity index (χ4v) is 2.81. The van der Waals surface area contributed by atoms with Crippen LogP contribution in [0.4, 0.5) is 0 Å². The summed E-state index contributed by atoms with van der Waals surface area (Å²) in [6, 6.07) is 14.3. The third-order valence-corrected chi connectivity index (χ3v) is 4.00. The Morgan fingerprint density at radius 2 is 2.00 bits per heavy atom. The van der Waals surface area contributed by atoms with Gasteiger partial charge in [0, 0.05) is 13.1 Å². The maximum absolute atomic E-state index is 12.1. The number of hydrogen-bond donors (Lipinski definition) is 2. The SMILES string of the molecule is NC[C@H]1CC[C@@H](C(=O)NCc2cccc3ccccc23)O1. The molecule has 0 bridgehead atoms. The van der Waals surface area contributed by atoms with E-state index in [0.29, 0.717) is 13.1 Å². The van der Waals surface area contributed by atoms with E-state index in [1.165, 1.54) is 10.8 Å². The molecule has 110 valence electrons. The number of nitrogens with two attached hydrogens (primary N) is 1. The summed E-state index contributed by atoms with van der Waals surface area (Å²) >= 11 is 0.